The van der Waals surface area contributed by atoms with E-state index in [9.17, 15) is 4.79 Å². The SMILES string of the molecule is N/C(CNC(=O)c1cc(Cl)cc(Cl)c1)=N\O. The molecular formula is C9H9Cl2N3O2. The lowest BCUT2D eigenvalue weighted by Gasteiger charge is -2.04. The Balaban J connectivity index is 2.73. The molecule has 0 aliphatic rings. The van der Waals surface area contributed by atoms with Crippen molar-refractivity contribution in [2.45, 2.75) is 0 Å². The first-order valence-electron chi connectivity index (χ1n) is 4.23. The van der Waals surface area contributed by atoms with Gasteiger partial charge >= 0.3 is 0 Å². The highest BCUT2D eigenvalue weighted by molar-refractivity contribution is 6.35. The molecule has 0 spiro atoms. The Morgan fingerprint density at radius 1 is 1.38 bits per heavy atom. The van der Waals surface area contributed by atoms with Crippen LogP contribution in [0, 0.1) is 0 Å². The molecule has 0 saturated heterocycles. The Kier molecular flexibility index (Phi) is 4.39. The minimum Gasteiger partial charge on any atom is -0.409 e. The molecule has 0 unspecified atom stereocenters. The summed E-state index contributed by atoms with van der Waals surface area (Å²) in [4.78, 5) is 11.5. The van der Waals surface area contributed by atoms with Gasteiger partial charge in [0.15, 0.2) is 5.84 Å². The van der Waals surface area contributed by atoms with Crippen LogP contribution in [0.2, 0.25) is 10.0 Å². The van der Waals surface area contributed by atoms with Crippen molar-refractivity contribution in [3.8, 4) is 0 Å². The van der Waals surface area contributed by atoms with Gasteiger partial charge in [-0.1, -0.05) is 28.4 Å². The van der Waals surface area contributed by atoms with Crippen LogP contribution in [0.3, 0.4) is 0 Å². The molecular weight excluding hydrogens is 253 g/mol. The maximum absolute atomic E-state index is 11.5. The summed E-state index contributed by atoms with van der Waals surface area (Å²) in [7, 11) is 0. The molecule has 86 valence electrons. The van der Waals surface area contributed by atoms with E-state index in [1.807, 2.05) is 0 Å². The molecule has 1 aromatic carbocycles. The first-order chi connectivity index (χ1) is 7.52. The minimum absolute atomic E-state index is 0.0561. The Morgan fingerprint density at radius 3 is 2.44 bits per heavy atom. The van der Waals surface area contributed by atoms with Gasteiger partial charge in [-0.3, -0.25) is 4.79 Å². The quantitative estimate of drug-likeness (QED) is 0.333. The van der Waals surface area contributed by atoms with Gasteiger partial charge in [0.1, 0.15) is 0 Å². The molecule has 0 aliphatic carbocycles. The lowest BCUT2D eigenvalue weighted by Crippen LogP contribution is -2.33. The number of halogens is 2. The van der Waals surface area contributed by atoms with Crippen molar-refractivity contribution >= 4 is 34.9 Å². The van der Waals surface area contributed by atoms with Crippen LogP contribution in [-0.2, 0) is 0 Å². The Labute approximate surface area is 102 Å². The van der Waals surface area contributed by atoms with Gasteiger partial charge in [0.05, 0.1) is 6.54 Å². The molecule has 5 nitrogen and oxygen atoms in total. The number of amidine groups is 1. The van der Waals surface area contributed by atoms with Crippen LogP contribution in [0.5, 0.6) is 0 Å². The molecule has 4 N–H and O–H groups in total. The molecule has 1 aromatic rings. The number of carbonyl (C=O) groups is 1. The minimum atomic E-state index is -0.406. The highest BCUT2D eigenvalue weighted by Crippen LogP contribution is 2.18. The fourth-order valence-electron chi connectivity index (χ4n) is 0.993. The Morgan fingerprint density at radius 2 is 1.94 bits per heavy atom. The second-order valence-corrected chi connectivity index (χ2v) is 3.81. The average molecular weight is 262 g/mol. The van der Waals surface area contributed by atoms with Crippen LogP contribution in [0.4, 0.5) is 0 Å². The average Bonchev–Trinajstić information content (AvgIpc) is 2.23. The summed E-state index contributed by atoms with van der Waals surface area (Å²) in [5, 5.41) is 14.1. The molecule has 1 amide bonds. The molecule has 0 saturated carbocycles. The van der Waals surface area contributed by atoms with Gasteiger partial charge < -0.3 is 16.3 Å². The topological polar surface area (TPSA) is 87.7 Å². The van der Waals surface area contributed by atoms with Gasteiger partial charge in [0.25, 0.3) is 5.91 Å². The molecule has 16 heavy (non-hydrogen) atoms. The molecule has 0 heterocycles. The summed E-state index contributed by atoms with van der Waals surface area (Å²) < 4.78 is 0. The second-order valence-electron chi connectivity index (χ2n) is 2.93. The van der Waals surface area contributed by atoms with Gasteiger partial charge in [-0.25, -0.2) is 0 Å². The predicted molar refractivity (Wildman–Crippen MR) is 62.2 cm³/mol. The van der Waals surface area contributed by atoms with E-state index >= 15 is 0 Å². The zero-order chi connectivity index (χ0) is 12.1. The highest BCUT2D eigenvalue weighted by atomic mass is 35.5. The second kappa shape index (κ2) is 5.58. The van der Waals surface area contributed by atoms with E-state index in [-0.39, 0.29) is 12.4 Å². The fraction of sp³-hybridized carbons (Fsp3) is 0.111. The number of nitrogens with one attached hydrogen (secondary N) is 1. The lowest BCUT2D eigenvalue weighted by atomic mass is 10.2. The molecule has 0 aliphatic heterocycles. The predicted octanol–water partition coefficient (Wildman–Crippen LogP) is 1.47. The first kappa shape index (κ1) is 12.6. The summed E-state index contributed by atoms with van der Waals surface area (Å²) in [5.74, 6) is -0.502. The maximum Gasteiger partial charge on any atom is 0.251 e. The molecule has 1 rings (SSSR count). The summed E-state index contributed by atoms with van der Waals surface area (Å²) >= 11 is 11.5. The largest absolute Gasteiger partial charge is 0.409 e. The summed E-state index contributed by atoms with van der Waals surface area (Å²) in [6.07, 6.45) is 0. The van der Waals surface area contributed by atoms with Crippen molar-refractivity contribution < 1.29 is 10.0 Å². The number of benzene rings is 1. The first-order valence-corrected chi connectivity index (χ1v) is 4.99. The summed E-state index contributed by atoms with van der Waals surface area (Å²) in [5.41, 5.74) is 5.50. The van der Waals surface area contributed by atoms with E-state index in [1.165, 1.54) is 18.2 Å². The zero-order valence-electron chi connectivity index (χ0n) is 8.08. The van der Waals surface area contributed by atoms with E-state index in [2.05, 4.69) is 10.5 Å². The van der Waals surface area contributed by atoms with Crippen LogP contribution in [-0.4, -0.2) is 23.5 Å². The van der Waals surface area contributed by atoms with E-state index < -0.39 is 5.91 Å². The summed E-state index contributed by atoms with van der Waals surface area (Å²) in [6.45, 7) is -0.0561. The zero-order valence-corrected chi connectivity index (χ0v) is 9.59. The molecule has 0 atom stereocenters. The van der Waals surface area contributed by atoms with Gasteiger partial charge in [0.2, 0.25) is 0 Å². The smallest absolute Gasteiger partial charge is 0.251 e. The Hall–Kier alpha value is -1.46. The molecule has 0 fully saturated rings. The van der Waals surface area contributed by atoms with Gasteiger partial charge in [-0.2, -0.15) is 0 Å². The van der Waals surface area contributed by atoms with Crippen LogP contribution >= 0.6 is 23.2 Å². The third-order valence-electron chi connectivity index (χ3n) is 1.68. The van der Waals surface area contributed by atoms with Crippen LogP contribution < -0.4 is 11.1 Å². The number of amides is 1. The standard InChI is InChI=1S/C9H9Cl2N3O2/c10-6-1-5(2-7(11)3-6)9(15)13-4-8(12)14-16/h1-3,16H,4H2,(H2,12,14)(H,13,15). The van der Waals surface area contributed by atoms with E-state index in [1.54, 1.807) is 0 Å². The third kappa shape index (κ3) is 3.60. The van der Waals surface area contributed by atoms with Gasteiger partial charge in [-0.15, -0.1) is 0 Å². The molecule has 0 radical (unpaired) electrons. The number of nitrogens with zero attached hydrogens (tertiary/aromatic N) is 1. The van der Waals surface area contributed by atoms with Crippen molar-refractivity contribution in [1.82, 2.24) is 5.32 Å². The van der Waals surface area contributed by atoms with Crippen molar-refractivity contribution in [3.05, 3.63) is 33.8 Å². The third-order valence-corrected chi connectivity index (χ3v) is 2.12. The molecule has 0 aromatic heterocycles. The summed E-state index contributed by atoms with van der Waals surface area (Å²) in [6, 6.07) is 4.45. The Bertz CT molecular complexity index is 415. The number of hydrogen-bond acceptors (Lipinski definition) is 3. The highest BCUT2D eigenvalue weighted by Gasteiger charge is 2.07. The number of carbonyl (C=O) groups excluding carboxylic acids is 1. The van der Waals surface area contributed by atoms with Gasteiger partial charge in [0, 0.05) is 15.6 Å². The number of hydrogen-bond donors (Lipinski definition) is 3. The maximum atomic E-state index is 11.5. The van der Waals surface area contributed by atoms with Crippen LogP contribution in [0.15, 0.2) is 23.4 Å². The van der Waals surface area contributed by atoms with Gasteiger partial charge in [-0.05, 0) is 18.2 Å². The van der Waals surface area contributed by atoms with Crippen molar-refractivity contribution in [2.75, 3.05) is 6.54 Å². The fourth-order valence-corrected chi connectivity index (χ4v) is 1.52. The van der Waals surface area contributed by atoms with Crippen LogP contribution in [0.25, 0.3) is 0 Å². The molecule has 7 heteroatoms. The van der Waals surface area contributed by atoms with Crippen molar-refractivity contribution in [2.24, 2.45) is 10.9 Å². The normalized spacial score (nSPS) is 11.2. The van der Waals surface area contributed by atoms with E-state index in [0.29, 0.717) is 15.6 Å². The van der Waals surface area contributed by atoms with Crippen LogP contribution in [0.1, 0.15) is 10.4 Å². The van der Waals surface area contributed by atoms with Crippen molar-refractivity contribution in [1.29, 1.82) is 0 Å². The van der Waals surface area contributed by atoms with Crippen molar-refractivity contribution in [3.63, 3.8) is 0 Å². The number of oxime groups is 1. The number of nitrogens with two attached hydrogens (primary N) is 1. The molecule has 0 bridgehead atoms. The lowest BCUT2D eigenvalue weighted by molar-refractivity contribution is 0.0959. The van der Waals surface area contributed by atoms with E-state index in [4.69, 9.17) is 34.1 Å². The number of rotatable bonds is 3. The van der Waals surface area contributed by atoms with E-state index in [0.717, 1.165) is 0 Å². The monoisotopic (exact) mass is 261 g/mol.